The second-order valence-corrected chi connectivity index (χ2v) is 23.9. The average molecular weight is 609 g/mol. The Balaban J connectivity index is 1.65. The standard InChI is InChI=1S/C38H58O2P2/c1-39-35-27-17-28-36(40-2)38(35)34-26-15-16-29-37(34)42(32-22-11-5-12-23-32,33-24-13-6-14-25-33)41(30-18-7-3-8-19-30)31-20-9-4-10-21-31/h15-17,26-33,42H,3-14,18-25H2,1-2H3. The zero-order valence-electron chi connectivity index (χ0n) is 26.8. The van der Waals surface area contributed by atoms with Crippen LogP contribution < -0.4 is 14.8 Å². The molecule has 0 spiro atoms. The fraction of sp³-hybridized carbons (Fsp3) is 0.684. The molecule has 4 saturated carbocycles. The predicted octanol–water partition coefficient (Wildman–Crippen LogP) is 11.5. The van der Waals surface area contributed by atoms with Gasteiger partial charge in [-0.25, -0.2) is 0 Å². The molecule has 4 heteroatoms. The Morgan fingerprint density at radius 2 is 0.952 bits per heavy atom. The van der Waals surface area contributed by atoms with Gasteiger partial charge in [0.15, 0.2) is 0 Å². The molecule has 0 aliphatic heterocycles. The van der Waals surface area contributed by atoms with Crippen molar-refractivity contribution in [2.24, 2.45) is 0 Å². The van der Waals surface area contributed by atoms with Gasteiger partial charge in [0, 0.05) is 0 Å². The molecule has 4 fully saturated rings. The van der Waals surface area contributed by atoms with Gasteiger partial charge in [0.05, 0.1) is 0 Å². The summed E-state index contributed by atoms with van der Waals surface area (Å²) in [6.45, 7) is -2.02. The van der Waals surface area contributed by atoms with E-state index in [2.05, 4.69) is 42.5 Å². The van der Waals surface area contributed by atoms with Crippen LogP contribution in [-0.2, 0) is 0 Å². The van der Waals surface area contributed by atoms with Crippen LogP contribution in [0, 0.1) is 0 Å². The zero-order chi connectivity index (χ0) is 28.8. The van der Waals surface area contributed by atoms with Crippen molar-refractivity contribution in [1.82, 2.24) is 0 Å². The molecule has 6 rings (SSSR count). The molecule has 0 N–H and O–H groups in total. The summed E-state index contributed by atoms with van der Waals surface area (Å²) in [5.41, 5.74) is 6.61. The molecule has 0 unspecified atom stereocenters. The van der Waals surface area contributed by atoms with E-state index in [0.717, 1.165) is 34.1 Å². The van der Waals surface area contributed by atoms with Gasteiger partial charge in [-0.05, 0) is 0 Å². The van der Waals surface area contributed by atoms with Crippen LogP contribution in [0.3, 0.4) is 0 Å². The van der Waals surface area contributed by atoms with Crippen molar-refractivity contribution < 1.29 is 9.47 Å². The van der Waals surface area contributed by atoms with Crippen LogP contribution in [0.2, 0.25) is 0 Å². The predicted molar refractivity (Wildman–Crippen MR) is 187 cm³/mol. The summed E-state index contributed by atoms with van der Waals surface area (Å²) in [6.07, 6.45) is 29.7. The molecule has 232 valence electrons. The van der Waals surface area contributed by atoms with E-state index in [1.165, 1.54) is 140 Å². The maximum atomic E-state index is 6.13. The van der Waals surface area contributed by atoms with E-state index in [0.29, 0.717) is 0 Å². The fourth-order valence-corrected chi connectivity index (χ4v) is 30.8. The summed E-state index contributed by atoms with van der Waals surface area (Å²) < 4.78 is 12.3. The van der Waals surface area contributed by atoms with Crippen molar-refractivity contribution in [3.63, 3.8) is 0 Å². The van der Waals surface area contributed by atoms with Crippen LogP contribution >= 0.6 is 14.6 Å². The van der Waals surface area contributed by atoms with Crippen molar-refractivity contribution in [2.75, 3.05) is 14.2 Å². The SMILES string of the molecule is COc1cccc(OC)c1-c1ccccc1[PH](C1CCCCC1)(C1CCCCC1)P(C1CCCCC1)C1CCCCC1. The second-order valence-electron chi connectivity index (χ2n) is 14.1. The summed E-state index contributed by atoms with van der Waals surface area (Å²) in [5, 5.41) is 1.84. The van der Waals surface area contributed by atoms with Crippen molar-refractivity contribution in [3.05, 3.63) is 42.5 Å². The number of hydrogen-bond acceptors (Lipinski definition) is 2. The van der Waals surface area contributed by atoms with Crippen molar-refractivity contribution in [3.8, 4) is 22.6 Å². The van der Waals surface area contributed by atoms with E-state index >= 15 is 0 Å². The third-order valence-corrected chi connectivity index (χ3v) is 27.9. The number of hydrogen-bond donors (Lipinski definition) is 0. The van der Waals surface area contributed by atoms with Gasteiger partial charge < -0.3 is 0 Å². The number of methoxy groups -OCH3 is 2. The van der Waals surface area contributed by atoms with Gasteiger partial charge in [-0.3, -0.25) is 0 Å². The van der Waals surface area contributed by atoms with Gasteiger partial charge in [-0.15, -0.1) is 0 Å². The Labute approximate surface area is 259 Å². The van der Waals surface area contributed by atoms with Crippen LogP contribution in [0.4, 0.5) is 0 Å². The van der Waals surface area contributed by atoms with E-state index in [4.69, 9.17) is 9.47 Å². The minimum atomic E-state index is -2.02. The van der Waals surface area contributed by atoms with Crippen LogP contribution in [-0.4, -0.2) is 36.9 Å². The normalized spacial score (nSPS) is 22.7. The van der Waals surface area contributed by atoms with E-state index in [1.54, 1.807) is 0 Å². The van der Waals surface area contributed by atoms with Crippen LogP contribution in [0.1, 0.15) is 128 Å². The van der Waals surface area contributed by atoms with Crippen molar-refractivity contribution >= 4 is 19.9 Å². The molecule has 4 aliphatic carbocycles. The van der Waals surface area contributed by atoms with E-state index < -0.39 is 6.95 Å². The monoisotopic (exact) mass is 608 g/mol. The van der Waals surface area contributed by atoms with Crippen LogP contribution in [0.15, 0.2) is 42.5 Å². The second kappa shape index (κ2) is 14.8. The Morgan fingerprint density at radius 1 is 0.524 bits per heavy atom. The maximum absolute atomic E-state index is 6.13. The van der Waals surface area contributed by atoms with Gasteiger partial charge in [-0.2, -0.15) is 0 Å². The molecule has 4 aliphatic rings. The third kappa shape index (κ3) is 6.08. The molecule has 0 bridgehead atoms. The molecule has 42 heavy (non-hydrogen) atoms. The first kappa shape index (κ1) is 30.9. The molecular formula is C38H58O2P2. The molecule has 2 nitrogen and oxygen atoms in total. The Bertz CT molecular complexity index is 1070. The Hall–Kier alpha value is -1.10. The first-order chi connectivity index (χ1) is 20.8. The van der Waals surface area contributed by atoms with E-state index in [-0.39, 0.29) is 7.61 Å². The first-order valence-electron chi connectivity index (χ1n) is 17.9. The fourth-order valence-electron chi connectivity index (χ4n) is 10.2. The minimum absolute atomic E-state index is 0.0438. The first-order valence-corrected chi connectivity index (χ1v) is 22.4. The summed E-state index contributed by atoms with van der Waals surface area (Å²) in [5.74, 6) is 1.97. The van der Waals surface area contributed by atoms with Gasteiger partial charge >= 0.3 is 260 Å². The Morgan fingerprint density at radius 3 is 1.40 bits per heavy atom. The molecule has 2 aromatic carbocycles. The molecular weight excluding hydrogens is 550 g/mol. The van der Waals surface area contributed by atoms with Crippen molar-refractivity contribution in [2.45, 2.75) is 151 Å². The average Bonchev–Trinajstić information content (AvgIpc) is 3.08. The molecule has 0 heterocycles. The number of benzene rings is 2. The van der Waals surface area contributed by atoms with Gasteiger partial charge in [-0.1, -0.05) is 0 Å². The van der Waals surface area contributed by atoms with Gasteiger partial charge in [0.25, 0.3) is 0 Å². The molecule has 0 amide bonds. The van der Waals surface area contributed by atoms with E-state index in [9.17, 15) is 0 Å². The quantitative estimate of drug-likeness (QED) is 0.264. The van der Waals surface area contributed by atoms with Crippen LogP contribution in [0.5, 0.6) is 11.5 Å². The molecule has 0 atom stereocenters. The summed E-state index contributed by atoms with van der Waals surface area (Å²) in [7, 11) is 3.66. The Kier molecular flexibility index (Phi) is 10.9. The number of rotatable bonds is 9. The van der Waals surface area contributed by atoms with E-state index in [1.807, 2.05) is 19.5 Å². The van der Waals surface area contributed by atoms with Gasteiger partial charge in [0.1, 0.15) is 0 Å². The van der Waals surface area contributed by atoms with Crippen LogP contribution in [0.25, 0.3) is 11.1 Å². The van der Waals surface area contributed by atoms with Crippen molar-refractivity contribution in [1.29, 1.82) is 0 Å². The number of ether oxygens (including phenoxy) is 2. The summed E-state index contributed by atoms with van der Waals surface area (Å²) in [6, 6.07) is 16.4. The molecule has 0 saturated heterocycles. The van der Waals surface area contributed by atoms with Gasteiger partial charge in [0.2, 0.25) is 0 Å². The topological polar surface area (TPSA) is 18.5 Å². The zero-order valence-corrected chi connectivity index (χ0v) is 28.7. The molecule has 2 aromatic rings. The third-order valence-electron chi connectivity index (χ3n) is 11.9. The molecule has 0 radical (unpaired) electrons. The summed E-state index contributed by atoms with van der Waals surface area (Å²) >= 11 is 0. The summed E-state index contributed by atoms with van der Waals surface area (Å²) in [4.78, 5) is 0. The molecule has 0 aromatic heterocycles.